The predicted octanol–water partition coefficient (Wildman–Crippen LogP) is 4.62. The summed E-state index contributed by atoms with van der Waals surface area (Å²) in [7, 11) is 0. The number of halogens is 3. The van der Waals surface area contributed by atoms with E-state index in [1.165, 1.54) is 30.3 Å². The van der Waals surface area contributed by atoms with Gasteiger partial charge in [0.05, 0.1) is 21.3 Å². The number of aromatic nitrogens is 1. The molecule has 0 radical (unpaired) electrons. The third-order valence-electron chi connectivity index (χ3n) is 3.22. The van der Waals surface area contributed by atoms with E-state index in [9.17, 15) is 9.18 Å². The van der Waals surface area contributed by atoms with Gasteiger partial charge in [0.1, 0.15) is 5.82 Å². The Bertz CT molecular complexity index is 904. The Kier molecular flexibility index (Phi) is 4.42. The van der Waals surface area contributed by atoms with Gasteiger partial charge in [-0.2, -0.15) is 0 Å². The molecule has 3 rings (SSSR count). The van der Waals surface area contributed by atoms with Crippen molar-refractivity contribution in [3.63, 3.8) is 0 Å². The maximum Gasteiger partial charge on any atom is 0.277 e. The standard InChI is InChI=1S/C16H10Cl2FN3O2/c17-10-5-8(6-11(18)15(10)20)21-16(23)13-7-14(24-22-13)9-3-1-2-4-12(9)19/h1-7H,20H2,(H,21,23). The van der Waals surface area contributed by atoms with Crippen molar-refractivity contribution in [2.45, 2.75) is 0 Å². The van der Waals surface area contributed by atoms with Crippen LogP contribution in [-0.4, -0.2) is 11.1 Å². The first-order chi connectivity index (χ1) is 11.5. The molecule has 3 N–H and O–H groups in total. The number of nitrogen functional groups attached to an aromatic ring is 1. The number of carbonyl (C=O) groups excluding carboxylic acids is 1. The summed E-state index contributed by atoms with van der Waals surface area (Å²) < 4.78 is 18.8. The van der Waals surface area contributed by atoms with Crippen LogP contribution in [0.15, 0.2) is 47.0 Å². The molecule has 1 amide bonds. The van der Waals surface area contributed by atoms with Gasteiger partial charge in [0.25, 0.3) is 5.91 Å². The lowest BCUT2D eigenvalue weighted by Gasteiger charge is -2.07. The van der Waals surface area contributed by atoms with E-state index >= 15 is 0 Å². The Labute approximate surface area is 146 Å². The molecule has 0 saturated carbocycles. The van der Waals surface area contributed by atoms with Gasteiger partial charge in [-0.25, -0.2) is 4.39 Å². The molecule has 0 saturated heterocycles. The van der Waals surface area contributed by atoms with Crippen LogP contribution in [0, 0.1) is 5.82 Å². The van der Waals surface area contributed by atoms with Crippen molar-refractivity contribution in [3.8, 4) is 11.3 Å². The molecule has 2 aromatic carbocycles. The van der Waals surface area contributed by atoms with Gasteiger partial charge in [0.15, 0.2) is 11.5 Å². The Balaban J connectivity index is 1.83. The van der Waals surface area contributed by atoms with Crippen molar-refractivity contribution in [3.05, 3.63) is 64.0 Å². The zero-order valence-corrected chi connectivity index (χ0v) is 13.5. The predicted molar refractivity (Wildman–Crippen MR) is 90.7 cm³/mol. The molecule has 0 aliphatic carbocycles. The maximum absolute atomic E-state index is 13.7. The Morgan fingerprint density at radius 3 is 2.50 bits per heavy atom. The lowest BCUT2D eigenvalue weighted by molar-refractivity contribution is 0.101. The minimum absolute atomic E-state index is 0.0164. The highest BCUT2D eigenvalue weighted by atomic mass is 35.5. The van der Waals surface area contributed by atoms with Crippen molar-refractivity contribution < 1.29 is 13.7 Å². The normalized spacial score (nSPS) is 10.6. The van der Waals surface area contributed by atoms with Crippen LogP contribution in [0.5, 0.6) is 0 Å². The van der Waals surface area contributed by atoms with E-state index in [-0.39, 0.29) is 32.8 Å². The fraction of sp³-hybridized carbons (Fsp3) is 0. The van der Waals surface area contributed by atoms with Gasteiger partial charge in [0.2, 0.25) is 0 Å². The van der Waals surface area contributed by atoms with Crippen LogP contribution in [0.3, 0.4) is 0 Å². The number of carbonyl (C=O) groups is 1. The summed E-state index contributed by atoms with van der Waals surface area (Å²) in [4.78, 5) is 12.2. The van der Waals surface area contributed by atoms with Crippen LogP contribution >= 0.6 is 23.2 Å². The summed E-state index contributed by atoms with van der Waals surface area (Å²) in [6, 6.07) is 10.3. The summed E-state index contributed by atoms with van der Waals surface area (Å²) in [5.41, 5.74) is 6.40. The lowest BCUT2D eigenvalue weighted by Crippen LogP contribution is -2.12. The third-order valence-corrected chi connectivity index (χ3v) is 3.84. The van der Waals surface area contributed by atoms with Crippen molar-refractivity contribution in [1.29, 1.82) is 0 Å². The topological polar surface area (TPSA) is 81.1 Å². The first kappa shape index (κ1) is 16.3. The first-order valence-electron chi connectivity index (χ1n) is 6.73. The number of amides is 1. The average molecular weight is 366 g/mol. The van der Waals surface area contributed by atoms with Gasteiger partial charge in [-0.1, -0.05) is 40.5 Å². The van der Waals surface area contributed by atoms with E-state index in [2.05, 4.69) is 10.5 Å². The number of nitrogens with two attached hydrogens (primary N) is 1. The second kappa shape index (κ2) is 6.51. The number of benzene rings is 2. The van der Waals surface area contributed by atoms with Crippen LogP contribution < -0.4 is 11.1 Å². The highest BCUT2D eigenvalue weighted by Crippen LogP contribution is 2.31. The third kappa shape index (κ3) is 3.20. The Morgan fingerprint density at radius 1 is 1.17 bits per heavy atom. The van der Waals surface area contributed by atoms with Crippen molar-refractivity contribution in [2.75, 3.05) is 11.1 Å². The summed E-state index contributed by atoms with van der Waals surface area (Å²) in [5, 5.41) is 6.64. The van der Waals surface area contributed by atoms with E-state index in [0.29, 0.717) is 5.69 Å². The Hall–Kier alpha value is -2.57. The number of hydrogen-bond donors (Lipinski definition) is 2. The molecule has 1 heterocycles. The highest BCUT2D eigenvalue weighted by molar-refractivity contribution is 6.39. The van der Waals surface area contributed by atoms with Crippen molar-refractivity contribution >= 4 is 40.5 Å². The van der Waals surface area contributed by atoms with Gasteiger partial charge in [-0.05, 0) is 24.3 Å². The minimum Gasteiger partial charge on any atom is -0.396 e. The molecular weight excluding hydrogens is 356 g/mol. The summed E-state index contributed by atoms with van der Waals surface area (Å²) in [6.45, 7) is 0. The van der Waals surface area contributed by atoms with Crippen LogP contribution in [0.25, 0.3) is 11.3 Å². The van der Waals surface area contributed by atoms with E-state index in [1.807, 2.05) is 0 Å². The van der Waals surface area contributed by atoms with E-state index < -0.39 is 11.7 Å². The van der Waals surface area contributed by atoms with Crippen LogP contribution in [0.4, 0.5) is 15.8 Å². The molecule has 0 unspecified atom stereocenters. The molecule has 0 spiro atoms. The number of hydrogen-bond acceptors (Lipinski definition) is 4. The fourth-order valence-corrected chi connectivity index (χ4v) is 2.51. The van der Waals surface area contributed by atoms with Gasteiger partial charge in [-0.15, -0.1) is 0 Å². The number of nitrogens with one attached hydrogen (secondary N) is 1. The summed E-state index contributed by atoms with van der Waals surface area (Å²) >= 11 is 11.8. The van der Waals surface area contributed by atoms with Gasteiger partial charge in [-0.3, -0.25) is 4.79 Å². The molecule has 1 aromatic heterocycles. The van der Waals surface area contributed by atoms with Gasteiger partial charge in [0, 0.05) is 11.8 Å². The second-order valence-electron chi connectivity index (χ2n) is 4.86. The molecular formula is C16H10Cl2FN3O2. The molecule has 122 valence electrons. The summed E-state index contributed by atoms with van der Waals surface area (Å²) in [6.07, 6.45) is 0. The molecule has 0 aliphatic rings. The fourth-order valence-electron chi connectivity index (χ4n) is 2.02. The number of nitrogens with zero attached hydrogens (tertiary/aromatic N) is 1. The first-order valence-corrected chi connectivity index (χ1v) is 7.49. The maximum atomic E-state index is 13.7. The molecule has 5 nitrogen and oxygen atoms in total. The number of anilines is 2. The van der Waals surface area contributed by atoms with Gasteiger partial charge >= 0.3 is 0 Å². The zero-order chi connectivity index (χ0) is 17.3. The van der Waals surface area contributed by atoms with Crippen molar-refractivity contribution in [1.82, 2.24) is 5.16 Å². The second-order valence-corrected chi connectivity index (χ2v) is 5.68. The summed E-state index contributed by atoms with van der Waals surface area (Å²) in [5.74, 6) is -0.887. The van der Waals surface area contributed by atoms with E-state index in [0.717, 1.165) is 0 Å². The minimum atomic E-state index is -0.557. The van der Waals surface area contributed by atoms with Crippen LogP contribution in [0.1, 0.15) is 10.5 Å². The quantitative estimate of drug-likeness (QED) is 0.663. The number of rotatable bonds is 3. The van der Waals surface area contributed by atoms with E-state index in [4.69, 9.17) is 33.5 Å². The lowest BCUT2D eigenvalue weighted by atomic mass is 10.1. The SMILES string of the molecule is Nc1c(Cl)cc(NC(=O)c2cc(-c3ccccc3F)on2)cc1Cl. The van der Waals surface area contributed by atoms with E-state index in [1.54, 1.807) is 12.1 Å². The smallest absolute Gasteiger partial charge is 0.277 e. The zero-order valence-electron chi connectivity index (χ0n) is 12.0. The molecule has 0 atom stereocenters. The molecule has 24 heavy (non-hydrogen) atoms. The average Bonchev–Trinajstić information content (AvgIpc) is 3.03. The molecule has 0 bridgehead atoms. The Morgan fingerprint density at radius 2 is 1.83 bits per heavy atom. The molecule has 8 heteroatoms. The largest absolute Gasteiger partial charge is 0.396 e. The molecule has 3 aromatic rings. The molecule has 0 aliphatic heterocycles. The van der Waals surface area contributed by atoms with Crippen molar-refractivity contribution in [2.24, 2.45) is 0 Å². The van der Waals surface area contributed by atoms with Crippen LogP contribution in [-0.2, 0) is 0 Å². The van der Waals surface area contributed by atoms with Crippen LogP contribution in [0.2, 0.25) is 10.0 Å². The van der Waals surface area contributed by atoms with Gasteiger partial charge < -0.3 is 15.6 Å². The monoisotopic (exact) mass is 365 g/mol. The molecule has 0 fully saturated rings. The highest BCUT2D eigenvalue weighted by Gasteiger charge is 2.16.